The second-order valence-electron chi connectivity index (χ2n) is 4.04. The van der Waals surface area contributed by atoms with Gasteiger partial charge in [-0.05, 0) is 0 Å². The van der Waals surface area contributed by atoms with Crippen LogP contribution in [0.3, 0.4) is 0 Å². The Kier molecular flexibility index (Phi) is 2.10. The van der Waals surface area contributed by atoms with Gasteiger partial charge in [0.1, 0.15) is 0 Å². The Morgan fingerprint density at radius 2 is 1.82 bits per heavy atom. The molecule has 0 aliphatic carbocycles. The molecule has 2 heterocycles. The van der Waals surface area contributed by atoms with Crippen molar-refractivity contribution >= 4 is 11.4 Å². The Hall–Kier alpha value is -1.98. The predicted molar refractivity (Wildman–Crippen MR) is 61.0 cm³/mol. The first-order chi connectivity index (χ1) is 8.24. The van der Waals surface area contributed by atoms with Crippen LogP contribution in [0.5, 0.6) is 11.5 Å². The molecule has 90 valence electrons. The number of nitro benzene ring substituents is 1. The van der Waals surface area contributed by atoms with Crippen molar-refractivity contribution in [2.24, 2.45) is 0 Å². The molecule has 1 N–H and O–H groups in total. The van der Waals surface area contributed by atoms with E-state index in [0.717, 1.165) is 11.3 Å². The van der Waals surface area contributed by atoms with Gasteiger partial charge in [-0.2, -0.15) is 0 Å². The summed E-state index contributed by atoms with van der Waals surface area (Å²) in [7, 11) is 1.79. The molecule has 6 nitrogen and oxygen atoms in total. The molecule has 0 saturated carbocycles. The van der Waals surface area contributed by atoms with Gasteiger partial charge in [0, 0.05) is 25.5 Å². The van der Waals surface area contributed by atoms with Crippen LogP contribution in [-0.2, 0) is 12.8 Å². The summed E-state index contributed by atoms with van der Waals surface area (Å²) in [4.78, 5) is 10.8. The van der Waals surface area contributed by atoms with Gasteiger partial charge in [0.2, 0.25) is 5.75 Å². The maximum atomic E-state index is 11.2. The highest BCUT2D eigenvalue weighted by Crippen LogP contribution is 2.51. The van der Waals surface area contributed by atoms with Crippen molar-refractivity contribution in [3.63, 3.8) is 0 Å². The summed E-state index contributed by atoms with van der Waals surface area (Å²) >= 11 is 0. The van der Waals surface area contributed by atoms with Crippen LogP contribution in [-0.4, -0.2) is 25.2 Å². The highest BCUT2D eigenvalue weighted by molar-refractivity contribution is 5.78. The Morgan fingerprint density at radius 1 is 1.18 bits per heavy atom. The average Bonchev–Trinajstić information content (AvgIpc) is 2.92. The zero-order chi connectivity index (χ0) is 12.0. The molecule has 17 heavy (non-hydrogen) atoms. The van der Waals surface area contributed by atoms with Gasteiger partial charge in [-0.3, -0.25) is 10.1 Å². The molecule has 6 heteroatoms. The van der Waals surface area contributed by atoms with Crippen molar-refractivity contribution in [2.75, 3.05) is 25.6 Å². The first-order valence-electron chi connectivity index (χ1n) is 5.53. The van der Waals surface area contributed by atoms with E-state index in [1.165, 1.54) is 0 Å². The number of benzene rings is 1. The Labute approximate surface area is 97.7 Å². The summed E-state index contributed by atoms with van der Waals surface area (Å²) in [5.74, 6) is 1.05. The third-order valence-corrected chi connectivity index (χ3v) is 3.21. The molecule has 1 aromatic carbocycles. The topological polar surface area (TPSA) is 73.6 Å². The van der Waals surface area contributed by atoms with Gasteiger partial charge in [-0.25, -0.2) is 0 Å². The van der Waals surface area contributed by atoms with Gasteiger partial charge < -0.3 is 14.8 Å². The van der Waals surface area contributed by atoms with E-state index in [1.54, 1.807) is 7.05 Å². The van der Waals surface area contributed by atoms with Crippen LogP contribution in [0.1, 0.15) is 11.1 Å². The molecule has 0 amide bonds. The quantitative estimate of drug-likeness (QED) is 0.622. The number of hydrogen-bond acceptors (Lipinski definition) is 5. The SMILES string of the molecule is CNc1c2c(c([N+](=O)[O-])c3c1OCC3)OCC2. The smallest absolute Gasteiger partial charge is 0.318 e. The minimum atomic E-state index is -0.364. The van der Waals surface area contributed by atoms with Crippen LogP contribution < -0.4 is 14.8 Å². The molecule has 0 saturated heterocycles. The summed E-state index contributed by atoms with van der Waals surface area (Å²) in [5.41, 5.74) is 2.44. The normalized spacial score (nSPS) is 15.8. The number of hydrogen-bond donors (Lipinski definition) is 1. The lowest BCUT2D eigenvalue weighted by molar-refractivity contribution is -0.386. The first kappa shape index (κ1) is 10.2. The van der Waals surface area contributed by atoms with Gasteiger partial charge >= 0.3 is 5.69 Å². The second kappa shape index (κ2) is 3.51. The van der Waals surface area contributed by atoms with Crippen molar-refractivity contribution in [1.29, 1.82) is 0 Å². The molecule has 0 unspecified atom stereocenters. The van der Waals surface area contributed by atoms with Crippen LogP contribution in [0, 0.1) is 10.1 Å². The average molecular weight is 236 g/mol. The number of nitro groups is 1. The molecule has 0 atom stereocenters. The van der Waals surface area contributed by atoms with E-state index in [4.69, 9.17) is 9.47 Å². The predicted octanol–water partition coefficient (Wildman–Crippen LogP) is 1.51. The van der Waals surface area contributed by atoms with Crippen LogP contribution in [0.15, 0.2) is 0 Å². The minimum absolute atomic E-state index is 0.0870. The molecule has 3 rings (SSSR count). The van der Waals surface area contributed by atoms with E-state index in [0.29, 0.717) is 43.1 Å². The summed E-state index contributed by atoms with van der Waals surface area (Å²) in [6, 6.07) is 0. The third-order valence-electron chi connectivity index (χ3n) is 3.21. The fourth-order valence-electron chi connectivity index (χ4n) is 2.54. The lowest BCUT2D eigenvalue weighted by atomic mass is 10.0. The van der Waals surface area contributed by atoms with Crippen LogP contribution >= 0.6 is 0 Å². The van der Waals surface area contributed by atoms with E-state index in [2.05, 4.69) is 5.32 Å². The molecule has 0 bridgehead atoms. The monoisotopic (exact) mass is 236 g/mol. The molecular weight excluding hydrogens is 224 g/mol. The van der Waals surface area contributed by atoms with Crippen LogP contribution in [0.4, 0.5) is 11.4 Å². The molecule has 0 aromatic heterocycles. The van der Waals surface area contributed by atoms with Gasteiger partial charge in [-0.1, -0.05) is 0 Å². The van der Waals surface area contributed by atoms with Crippen LogP contribution in [0.25, 0.3) is 0 Å². The zero-order valence-electron chi connectivity index (χ0n) is 9.41. The van der Waals surface area contributed by atoms with Crippen molar-refractivity contribution in [2.45, 2.75) is 12.8 Å². The van der Waals surface area contributed by atoms with Crippen molar-refractivity contribution in [3.05, 3.63) is 21.2 Å². The Morgan fingerprint density at radius 3 is 2.47 bits per heavy atom. The summed E-state index contributed by atoms with van der Waals surface area (Å²) in [6.45, 7) is 0.988. The number of ether oxygens (including phenoxy) is 2. The maximum absolute atomic E-state index is 11.2. The van der Waals surface area contributed by atoms with Crippen molar-refractivity contribution in [1.82, 2.24) is 0 Å². The number of nitrogens with one attached hydrogen (secondary N) is 1. The fraction of sp³-hybridized carbons (Fsp3) is 0.455. The van der Waals surface area contributed by atoms with Crippen LogP contribution in [0.2, 0.25) is 0 Å². The molecule has 0 radical (unpaired) electrons. The molecule has 0 spiro atoms. The summed E-state index contributed by atoms with van der Waals surface area (Å²) in [6.07, 6.45) is 1.25. The number of fused-ring (bicyclic) bond motifs is 2. The first-order valence-corrected chi connectivity index (χ1v) is 5.53. The Bertz CT molecular complexity index is 478. The van der Waals surface area contributed by atoms with E-state index in [-0.39, 0.29) is 10.6 Å². The standard InChI is InChI=1S/C11H12N2O4/c1-12-8-6-2-4-17-11(6)9(13(14)15)7-3-5-16-10(7)8/h12H,2-5H2,1H3. The second-order valence-corrected chi connectivity index (χ2v) is 4.04. The van der Waals surface area contributed by atoms with E-state index < -0.39 is 0 Å². The number of nitrogens with zero attached hydrogens (tertiary/aromatic N) is 1. The maximum Gasteiger partial charge on any atom is 0.318 e. The van der Waals surface area contributed by atoms with Gasteiger partial charge in [0.05, 0.1) is 29.4 Å². The fourth-order valence-corrected chi connectivity index (χ4v) is 2.54. The molecule has 0 fully saturated rings. The molecule has 1 aromatic rings. The summed E-state index contributed by atoms with van der Waals surface area (Å²) in [5, 5.41) is 14.2. The van der Waals surface area contributed by atoms with Gasteiger partial charge in [-0.15, -0.1) is 0 Å². The van der Waals surface area contributed by atoms with Gasteiger partial charge in [0.25, 0.3) is 0 Å². The van der Waals surface area contributed by atoms with Crippen molar-refractivity contribution < 1.29 is 14.4 Å². The zero-order valence-corrected chi connectivity index (χ0v) is 9.41. The third kappa shape index (κ3) is 1.26. The van der Waals surface area contributed by atoms with Gasteiger partial charge in [0.15, 0.2) is 5.75 Å². The number of rotatable bonds is 2. The Balaban J connectivity index is 2.34. The highest BCUT2D eigenvalue weighted by Gasteiger charge is 2.37. The minimum Gasteiger partial charge on any atom is -0.490 e. The lowest BCUT2D eigenvalue weighted by Crippen LogP contribution is -2.01. The van der Waals surface area contributed by atoms with Crippen molar-refractivity contribution in [3.8, 4) is 11.5 Å². The largest absolute Gasteiger partial charge is 0.490 e. The molecular formula is C11H12N2O4. The van der Waals surface area contributed by atoms with E-state index in [1.807, 2.05) is 0 Å². The molecule has 2 aliphatic heterocycles. The lowest BCUT2D eigenvalue weighted by Gasteiger charge is -2.12. The van der Waals surface area contributed by atoms with E-state index >= 15 is 0 Å². The highest BCUT2D eigenvalue weighted by atomic mass is 16.6. The molecule has 2 aliphatic rings. The van der Waals surface area contributed by atoms with E-state index in [9.17, 15) is 10.1 Å². The number of anilines is 1. The summed E-state index contributed by atoms with van der Waals surface area (Å²) < 4.78 is 10.9.